The number of likely N-dealkylation sites (tertiary alicyclic amines) is 1. The van der Waals surface area contributed by atoms with Crippen LogP contribution in [0.15, 0.2) is 0 Å². The van der Waals surface area contributed by atoms with Crippen LogP contribution in [0, 0.1) is 0 Å². The third-order valence-electron chi connectivity index (χ3n) is 3.85. The molecule has 2 saturated heterocycles. The topological polar surface area (TPSA) is 23.6 Å². The van der Waals surface area contributed by atoms with Gasteiger partial charge >= 0.3 is 0 Å². The first-order chi connectivity index (χ1) is 7.68. The maximum Gasteiger partial charge on any atom is 0.222 e. The number of amides is 1. The molecule has 2 fully saturated rings. The molecule has 2 aliphatic heterocycles. The maximum atomic E-state index is 11.8. The lowest BCUT2D eigenvalue weighted by atomic mass is 10.0. The summed E-state index contributed by atoms with van der Waals surface area (Å²) >= 11 is 2.09. The Morgan fingerprint density at radius 1 is 1.31 bits per heavy atom. The maximum absolute atomic E-state index is 11.8. The van der Waals surface area contributed by atoms with Crippen molar-refractivity contribution < 1.29 is 4.79 Å². The van der Waals surface area contributed by atoms with Gasteiger partial charge in [-0.2, -0.15) is 0 Å². The van der Waals surface area contributed by atoms with Gasteiger partial charge in [0.2, 0.25) is 5.91 Å². The Hall–Kier alpha value is -0.220. The smallest absolute Gasteiger partial charge is 0.222 e. The minimum atomic E-state index is 0.350. The molecule has 1 amide bonds. The molecule has 2 rings (SSSR count). The highest BCUT2D eigenvalue weighted by Gasteiger charge is 2.42. The van der Waals surface area contributed by atoms with E-state index in [1.165, 1.54) is 12.3 Å². The van der Waals surface area contributed by atoms with E-state index in [1.807, 2.05) is 0 Å². The predicted octanol–water partition coefficient (Wildman–Crippen LogP) is 1.78. The Bertz CT molecular complexity index is 262. The molecule has 0 aromatic carbocycles. The third-order valence-corrected chi connectivity index (χ3v) is 5.50. The lowest BCUT2D eigenvalue weighted by Crippen LogP contribution is -2.50. The highest BCUT2D eigenvalue weighted by molar-refractivity contribution is 8.00. The highest BCUT2D eigenvalue weighted by Crippen LogP contribution is 2.42. The second kappa shape index (κ2) is 4.96. The minimum absolute atomic E-state index is 0.350. The van der Waals surface area contributed by atoms with E-state index < -0.39 is 0 Å². The Labute approximate surface area is 103 Å². The van der Waals surface area contributed by atoms with Gasteiger partial charge in [0.25, 0.3) is 0 Å². The summed E-state index contributed by atoms with van der Waals surface area (Å²) in [5, 5.41) is 0. The van der Waals surface area contributed by atoms with E-state index in [2.05, 4.69) is 35.5 Å². The molecule has 16 heavy (non-hydrogen) atoms. The molecule has 0 aromatic heterocycles. The quantitative estimate of drug-likeness (QED) is 0.737. The van der Waals surface area contributed by atoms with Crippen LogP contribution in [0.4, 0.5) is 0 Å². The van der Waals surface area contributed by atoms with E-state index in [0.717, 1.165) is 38.8 Å². The van der Waals surface area contributed by atoms with Gasteiger partial charge in [-0.05, 0) is 26.3 Å². The molecule has 2 aliphatic rings. The molecule has 3 nitrogen and oxygen atoms in total. The van der Waals surface area contributed by atoms with Crippen LogP contribution in [0.5, 0.6) is 0 Å². The fraction of sp³-hybridized carbons (Fsp3) is 0.917. The molecule has 92 valence electrons. The van der Waals surface area contributed by atoms with Crippen molar-refractivity contribution in [3.05, 3.63) is 0 Å². The molecule has 0 aromatic rings. The molecular weight excluding hydrogens is 220 g/mol. The van der Waals surface area contributed by atoms with Crippen molar-refractivity contribution in [2.75, 3.05) is 32.4 Å². The average molecular weight is 242 g/mol. The first kappa shape index (κ1) is 12.2. The van der Waals surface area contributed by atoms with Gasteiger partial charge in [-0.3, -0.25) is 9.69 Å². The monoisotopic (exact) mass is 242 g/mol. The van der Waals surface area contributed by atoms with Crippen LogP contribution in [0.2, 0.25) is 0 Å². The third kappa shape index (κ3) is 2.23. The number of hydrogen-bond acceptors (Lipinski definition) is 3. The van der Waals surface area contributed by atoms with Gasteiger partial charge in [-0.25, -0.2) is 0 Å². The molecule has 0 unspecified atom stereocenters. The molecule has 2 heterocycles. The summed E-state index contributed by atoms with van der Waals surface area (Å²) in [6, 6.07) is 0. The summed E-state index contributed by atoms with van der Waals surface area (Å²) in [5.41, 5.74) is 0. The molecule has 1 spiro atoms. The van der Waals surface area contributed by atoms with Crippen molar-refractivity contribution in [3.63, 3.8) is 0 Å². The van der Waals surface area contributed by atoms with Gasteiger partial charge in [-0.15, -0.1) is 11.8 Å². The first-order valence-corrected chi connectivity index (χ1v) is 7.29. The number of carbonyl (C=O) groups is 1. The Kier molecular flexibility index (Phi) is 3.80. The van der Waals surface area contributed by atoms with Gasteiger partial charge in [0, 0.05) is 31.8 Å². The Morgan fingerprint density at radius 2 is 2.00 bits per heavy atom. The van der Waals surface area contributed by atoms with Crippen LogP contribution >= 0.6 is 11.8 Å². The van der Waals surface area contributed by atoms with Crippen LogP contribution in [0.25, 0.3) is 0 Å². The summed E-state index contributed by atoms with van der Waals surface area (Å²) in [6.07, 6.45) is 3.97. The van der Waals surface area contributed by atoms with Crippen molar-refractivity contribution in [1.29, 1.82) is 0 Å². The predicted molar refractivity (Wildman–Crippen MR) is 68.5 cm³/mol. The summed E-state index contributed by atoms with van der Waals surface area (Å²) in [5.74, 6) is 1.60. The van der Waals surface area contributed by atoms with Crippen LogP contribution in [0.3, 0.4) is 0 Å². The van der Waals surface area contributed by atoms with E-state index in [4.69, 9.17) is 0 Å². The number of piperidine rings is 1. The summed E-state index contributed by atoms with van der Waals surface area (Å²) < 4.78 is 0. The van der Waals surface area contributed by atoms with Crippen molar-refractivity contribution in [2.45, 2.75) is 37.5 Å². The molecule has 0 saturated carbocycles. The fourth-order valence-electron chi connectivity index (χ4n) is 2.69. The zero-order chi connectivity index (χ0) is 11.6. The van der Waals surface area contributed by atoms with Gasteiger partial charge in [0.1, 0.15) is 0 Å². The number of rotatable bonds is 2. The van der Waals surface area contributed by atoms with Crippen molar-refractivity contribution >= 4 is 17.7 Å². The largest absolute Gasteiger partial charge is 0.342 e. The highest BCUT2D eigenvalue weighted by atomic mass is 32.2. The second-order valence-corrected chi connectivity index (χ2v) is 6.30. The minimum Gasteiger partial charge on any atom is -0.342 e. The number of nitrogens with zero attached hydrogens (tertiary/aromatic N) is 2. The SMILES string of the molecule is CCCC(=O)N1CCC2(CC1)SCCN2C. The average Bonchev–Trinajstić information content (AvgIpc) is 2.62. The molecule has 0 radical (unpaired) electrons. The molecule has 4 heteroatoms. The van der Waals surface area contributed by atoms with Gasteiger partial charge in [0.15, 0.2) is 0 Å². The van der Waals surface area contributed by atoms with Crippen molar-refractivity contribution in [2.24, 2.45) is 0 Å². The summed E-state index contributed by atoms with van der Waals surface area (Å²) in [7, 11) is 2.23. The number of carbonyl (C=O) groups excluding carboxylic acids is 1. The lowest BCUT2D eigenvalue weighted by molar-refractivity contribution is -0.132. The van der Waals surface area contributed by atoms with Crippen LogP contribution in [-0.2, 0) is 4.79 Å². The Balaban J connectivity index is 1.89. The lowest BCUT2D eigenvalue weighted by Gasteiger charge is -2.42. The van der Waals surface area contributed by atoms with Gasteiger partial charge in [-0.1, -0.05) is 6.92 Å². The normalized spacial score (nSPS) is 25.2. The Morgan fingerprint density at radius 3 is 2.50 bits per heavy atom. The van der Waals surface area contributed by atoms with Crippen molar-refractivity contribution in [3.8, 4) is 0 Å². The zero-order valence-electron chi connectivity index (χ0n) is 10.4. The molecule has 0 aliphatic carbocycles. The van der Waals surface area contributed by atoms with Gasteiger partial charge < -0.3 is 4.90 Å². The van der Waals surface area contributed by atoms with Gasteiger partial charge in [0.05, 0.1) is 4.87 Å². The molecule has 0 atom stereocenters. The first-order valence-electron chi connectivity index (χ1n) is 6.31. The van der Waals surface area contributed by atoms with Crippen molar-refractivity contribution in [1.82, 2.24) is 9.80 Å². The molecular formula is C12H22N2OS. The number of thioether (sulfide) groups is 1. The summed E-state index contributed by atoms with van der Waals surface area (Å²) in [4.78, 5) is 16.7. The zero-order valence-corrected chi connectivity index (χ0v) is 11.2. The van der Waals surface area contributed by atoms with Crippen LogP contribution in [0.1, 0.15) is 32.6 Å². The van der Waals surface area contributed by atoms with E-state index >= 15 is 0 Å². The van der Waals surface area contributed by atoms with Crippen LogP contribution < -0.4 is 0 Å². The number of hydrogen-bond donors (Lipinski definition) is 0. The molecule has 0 N–H and O–H groups in total. The second-order valence-electron chi connectivity index (χ2n) is 4.85. The standard InChI is InChI=1S/C12H22N2OS/c1-3-4-11(15)14-7-5-12(6-8-14)13(2)9-10-16-12/h3-10H2,1-2H3. The molecule has 0 bridgehead atoms. The van der Waals surface area contributed by atoms with E-state index in [-0.39, 0.29) is 0 Å². The van der Waals surface area contributed by atoms with E-state index in [0.29, 0.717) is 10.8 Å². The van der Waals surface area contributed by atoms with E-state index in [1.54, 1.807) is 0 Å². The van der Waals surface area contributed by atoms with Crippen LogP contribution in [-0.4, -0.2) is 53.0 Å². The summed E-state index contributed by atoms with van der Waals surface area (Å²) in [6.45, 7) is 5.18. The fourth-order valence-corrected chi connectivity index (χ4v) is 4.22. The van der Waals surface area contributed by atoms with E-state index in [9.17, 15) is 4.79 Å².